The monoisotopic (exact) mass is 251 g/mol. The van der Waals surface area contributed by atoms with Crippen molar-refractivity contribution in [3.8, 4) is 0 Å². The molecule has 1 aliphatic carbocycles. The van der Waals surface area contributed by atoms with Crippen molar-refractivity contribution < 1.29 is 9.15 Å². The Balaban J connectivity index is 1.62. The number of aryl methyl sites for hydroxylation is 1. The van der Waals surface area contributed by atoms with Gasteiger partial charge in [-0.25, -0.2) is 0 Å². The van der Waals surface area contributed by atoms with E-state index in [2.05, 4.69) is 15.1 Å². The molecular weight excluding hydrogens is 230 g/mol. The number of ether oxygens (including phenoxy) is 1. The molecule has 0 amide bonds. The molecule has 1 aromatic rings. The maximum atomic E-state index is 6.01. The molecule has 1 saturated heterocycles. The number of nitrogens with zero attached hydrogens (tertiary/aromatic N) is 3. The number of hydrogen-bond donors (Lipinski definition) is 0. The van der Waals surface area contributed by atoms with Crippen LogP contribution >= 0.6 is 0 Å². The zero-order valence-corrected chi connectivity index (χ0v) is 11.0. The van der Waals surface area contributed by atoms with Crippen LogP contribution in [0, 0.1) is 0 Å². The molecule has 5 nitrogen and oxygen atoms in total. The lowest BCUT2D eigenvalue weighted by Crippen LogP contribution is -2.49. The molecule has 1 aliphatic heterocycles. The Kier molecular flexibility index (Phi) is 3.35. The lowest BCUT2D eigenvalue weighted by Gasteiger charge is -2.40. The van der Waals surface area contributed by atoms with Crippen molar-refractivity contribution in [2.24, 2.45) is 0 Å². The zero-order valence-electron chi connectivity index (χ0n) is 11.0. The van der Waals surface area contributed by atoms with Crippen molar-refractivity contribution >= 4 is 0 Å². The standard InChI is InChI=1S/C13H21N3O2/c1-2-11-14-15-12(18-11)9-16-7-8-17-13(10-16)5-3-4-6-13/h2-10H2,1H3. The van der Waals surface area contributed by atoms with Gasteiger partial charge in [0.25, 0.3) is 0 Å². The average molecular weight is 251 g/mol. The molecule has 0 bridgehead atoms. The minimum absolute atomic E-state index is 0.117. The Labute approximate surface area is 108 Å². The van der Waals surface area contributed by atoms with Crippen molar-refractivity contribution in [2.75, 3.05) is 19.7 Å². The minimum Gasteiger partial charge on any atom is -0.424 e. The van der Waals surface area contributed by atoms with Gasteiger partial charge in [0.1, 0.15) is 0 Å². The van der Waals surface area contributed by atoms with Crippen LogP contribution in [0.25, 0.3) is 0 Å². The Morgan fingerprint density at radius 1 is 1.22 bits per heavy atom. The summed E-state index contributed by atoms with van der Waals surface area (Å²) in [6, 6.07) is 0. The second kappa shape index (κ2) is 4.97. The highest BCUT2D eigenvalue weighted by molar-refractivity contribution is 4.93. The molecule has 2 heterocycles. The fourth-order valence-electron chi connectivity index (χ4n) is 3.07. The summed E-state index contributed by atoms with van der Waals surface area (Å²) in [4.78, 5) is 2.39. The van der Waals surface area contributed by atoms with Crippen LogP contribution in [-0.2, 0) is 17.7 Å². The molecule has 18 heavy (non-hydrogen) atoms. The van der Waals surface area contributed by atoms with E-state index in [9.17, 15) is 0 Å². The molecular formula is C13H21N3O2. The van der Waals surface area contributed by atoms with Gasteiger partial charge in [-0.2, -0.15) is 0 Å². The van der Waals surface area contributed by atoms with Gasteiger partial charge in [0.15, 0.2) is 0 Å². The molecule has 0 atom stereocenters. The van der Waals surface area contributed by atoms with Crippen molar-refractivity contribution in [2.45, 2.75) is 51.2 Å². The van der Waals surface area contributed by atoms with Crippen molar-refractivity contribution in [1.29, 1.82) is 0 Å². The summed E-state index contributed by atoms with van der Waals surface area (Å²) in [5.74, 6) is 1.47. The maximum absolute atomic E-state index is 6.01. The predicted molar refractivity (Wildman–Crippen MR) is 66.1 cm³/mol. The van der Waals surface area contributed by atoms with E-state index in [0.29, 0.717) is 0 Å². The first kappa shape index (κ1) is 12.1. The molecule has 1 aromatic heterocycles. The lowest BCUT2D eigenvalue weighted by molar-refractivity contribution is -0.108. The molecule has 0 unspecified atom stereocenters. The van der Waals surface area contributed by atoms with E-state index < -0.39 is 0 Å². The lowest BCUT2D eigenvalue weighted by atomic mass is 10.00. The van der Waals surface area contributed by atoms with Gasteiger partial charge in [0.05, 0.1) is 18.8 Å². The summed E-state index contributed by atoms with van der Waals surface area (Å²) < 4.78 is 11.6. The highest BCUT2D eigenvalue weighted by Gasteiger charge is 2.39. The first-order valence-electron chi connectivity index (χ1n) is 6.97. The van der Waals surface area contributed by atoms with Crippen molar-refractivity contribution in [1.82, 2.24) is 15.1 Å². The van der Waals surface area contributed by atoms with Gasteiger partial charge in [0, 0.05) is 19.5 Å². The second-order valence-corrected chi connectivity index (χ2v) is 5.39. The van der Waals surface area contributed by atoms with Crippen molar-refractivity contribution in [3.63, 3.8) is 0 Å². The molecule has 0 N–H and O–H groups in total. The molecule has 2 aliphatic rings. The van der Waals surface area contributed by atoms with Crippen LogP contribution in [-0.4, -0.2) is 40.4 Å². The summed E-state index contributed by atoms with van der Waals surface area (Å²) in [7, 11) is 0. The molecule has 5 heteroatoms. The largest absolute Gasteiger partial charge is 0.424 e. The van der Waals surface area contributed by atoms with Gasteiger partial charge in [-0.15, -0.1) is 10.2 Å². The van der Waals surface area contributed by atoms with Crippen LogP contribution in [0.4, 0.5) is 0 Å². The third kappa shape index (κ3) is 2.42. The van der Waals surface area contributed by atoms with Gasteiger partial charge < -0.3 is 9.15 Å². The molecule has 1 saturated carbocycles. The van der Waals surface area contributed by atoms with Gasteiger partial charge in [-0.3, -0.25) is 4.90 Å². The first-order chi connectivity index (χ1) is 8.80. The number of hydrogen-bond acceptors (Lipinski definition) is 5. The third-order valence-electron chi connectivity index (χ3n) is 4.01. The maximum Gasteiger partial charge on any atom is 0.230 e. The highest BCUT2D eigenvalue weighted by Crippen LogP contribution is 2.36. The summed E-state index contributed by atoms with van der Waals surface area (Å²) in [6.45, 7) is 5.59. The smallest absolute Gasteiger partial charge is 0.230 e. The normalized spacial score (nSPS) is 23.8. The number of rotatable bonds is 3. The molecule has 0 radical (unpaired) electrons. The van der Waals surface area contributed by atoms with Gasteiger partial charge >= 0.3 is 0 Å². The van der Waals surface area contributed by atoms with Crippen LogP contribution in [0.2, 0.25) is 0 Å². The molecule has 100 valence electrons. The van der Waals surface area contributed by atoms with E-state index in [1.165, 1.54) is 25.7 Å². The van der Waals surface area contributed by atoms with Crippen LogP contribution in [0.1, 0.15) is 44.4 Å². The zero-order chi connectivity index (χ0) is 12.4. The highest BCUT2D eigenvalue weighted by atomic mass is 16.5. The van der Waals surface area contributed by atoms with Gasteiger partial charge in [0.2, 0.25) is 11.8 Å². The fourth-order valence-corrected chi connectivity index (χ4v) is 3.07. The predicted octanol–water partition coefficient (Wildman–Crippen LogP) is 1.78. The molecule has 3 rings (SSSR count). The Bertz CT molecular complexity index is 399. The Hall–Kier alpha value is -0.940. The topological polar surface area (TPSA) is 51.4 Å². The van der Waals surface area contributed by atoms with Crippen LogP contribution < -0.4 is 0 Å². The summed E-state index contributed by atoms with van der Waals surface area (Å²) in [5, 5.41) is 8.11. The molecule has 0 aromatic carbocycles. The van der Waals surface area contributed by atoms with E-state index in [1.54, 1.807) is 0 Å². The molecule has 2 fully saturated rings. The van der Waals surface area contributed by atoms with Crippen LogP contribution in [0.3, 0.4) is 0 Å². The SMILES string of the molecule is CCc1nnc(CN2CCOC3(CCCC3)C2)o1. The van der Waals surface area contributed by atoms with Crippen molar-refractivity contribution in [3.05, 3.63) is 11.8 Å². The molecule has 1 spiro atoms. The van der Waals surface area contributed by atoms with E-state index >= 15 is 0 Å². The number of morpholine rings is 1. The fraction of sp³-hybridized carbons (Fsp3) is 0.846. The van der Waals surface area contributed by atoms with Gasteiger partial charge in [-0.1, -0.05) is 19.8 Å². The number of aromatic nitrogens is 2. The van der Waals surface area contributed by atoms with E-state index in [-0.39, 0.29) is 5.60 Å². The quantitative estimate of drug-likeness (QED) is 0.819. The first-order valence-corrected chi connectivity index (χ1v) is 6.97. The third-order valence-corrected chi connectivity index (χ3v) is 4.01. The van der Waals surface area contributed by atoms with Gasteiger partial charge in [-0.05, 0) is 12.8 Å². The van der Waals surface area contributed by atoms with E-state index in [1.807, 2.05) is 6.92 Å². The Morgan fingerprint density at radius 2 is 2.00 bits per heavy atom. The summed E-state index contributed by atoms with van der Waals surface area (Å²) in [6.07, 6.45) is 5.81. The Morgan fingerprint density at radius 3 is 2.72 bits per heavy atom. The van der Waals surface area contributed by atoms with E-state index in [4.69, 9.17) is 9.15 Å². The minimum atomic E-state index is 0.117. The van der Waals surface area contributed by atoms with Crippen LogP contribution in [0.15, 0.2) is 4.42 Å². The second-order valence-electron chi connectivity index (χ2n) is 5.39. The summed E-state index contributed by atoms with van der Waals surface area (Å²) in [5.41, 5.74) is 0.117. The van der Waals surface area contributed by atoms with E-state index in [0.717, 1.165) is 44.4 Å². The van der Waals surface area contributed by atoms with Crippen LogP contribution in [0.5, 0.6) is 0 Å². The summed E-state index contributed by atoms with van der Waals surface area (Å²) >= 11 is 0. The average Bonchev–Trinajstić information content (AvgIpc) is 2.99.